The second-order valence-corrected chi connectivity index (χ2v) is 9.20. The van der Waals surface area contributed by atoms with Gasteiger partial charge in [-0.05, 0) is 35.9 Å². The highest BCUT2D eigenvalue weighted by atomic mass is 35.5. The van der Waals surface area contributed by atoms with E-state index in [4.69, 9.17) is 11.6 Å². The van der Waals surface area contributed by atoms with Crippen LogP contribution in [0.1, 0.15) is 11.7 Å². The third-order valence-electron chi connectivity index (χ3n) is 3.95. The minimum Gasteiger partial charge on any atom is -0.279 e. The lowest BCUT2D eigenvalue weighted by Crippen LogP contribution is -2.33. The Hall–Kier alpha value is -1.98. The van der Waals surface area contributed by atoms with Gasteiger partial charge in [-0.15, -0.1) is 11.3 Å². The second kappa shape index (κ2) is 7.56. The van der Waals surface area contributed by atoms with E-state index in [-0.39, 0.29) is 10.4 Å². The van der Waals surface area contributed by atoms with Crippen LogP contribution in [0, 0.1) is 0 Å². The fourth-order valence-electron chi connectivity index (χ4n) is 2.68. The summed E-state index contributed by atoms with van der Waals surface area (Å²) in [6, 6.07) is 17.9. The number of hydrazine groups is 3. The molecule has 0 amide bonds. The molecule has 5 N–H and O–H groups in total. The van der Waals surface area contributed by atoms with Crippen molar-refractivity contribution in [2.45, 2.75) is 10.4 Å². The standard InChI is InChI=1S/C17H16ClN5O2S2/c18-14-7-2-1-6-13(14)15-8-9-16(26-15)27(24,25)21-12-5-3-4-11(10-12)17-19-22-23-20-17/h1-10,17,19-23H. The largest absolute Gasteiger partial charge is 0.279 e. The molecule has 7 nitrogen and oxygen atoms in total. The van der Waals surface area contributed by atoms with E-state index in [2.05, 4.69) is 26.6 Å². The summed E-state index contributed by atoms with van der Waals surface area (Å²) in [5.74, 6) is 0. The molecular formula is C17H16ClN5O2S2. The zero-order valence-electron chi connectivity index (χ0n) is 13.9. The summed E-state index contributed by atoms with van der Waals surface area (Å²) in [4.78, 5) is 0.797. The number of benzene rings is 2. The van der Waals surface area contributed by atoms with Crippen LogP contribution in [0.2, 0.25) is 5.02 Å². The summed E-state index contributed by atoms with van der Waals surface area (Å²) in [5.41, 5.74) is 13.5. The van der Waals surface area contributed by atoms with Gasteiger partial charge < -0.3 is 0 Å². The lowest BCUT2D eigenvalue weighted by Gasteiger charge is -2.12. The highest BCUT2D eigenvalue weighted by molar-refractivity contribution is 7.94. The molecule has 0 saturated carbocycles. The van der Waals surface area contributed by atoms with E-state index in [1.807, 2.05) is 24.3 Å². The van der Waals surface area contributed by atoms with Crippen molar-refractivity contribution in [3.63, 3.8) is 0 Å². The van der Waals surface area contributed by atoms with Gasteiger partial charge in [0.25, 0.3) is 10.0 Å². The lowest BCUT2D eigenvalue weighted by atomic mass is 10.1. The van der Waals surface area contributed by atoms with Crippen molar-refractivity contribution in [3.8, 4) is 10.4 Å². The maximum Gasteiger partial charge on any atom is 0.271 e. The van der Waals surface area contributed by atoms with Gasteiger partial charge in [0, 0.05) is 21.2 Å². The minimum atomic E-state index is -3.70. The molecule has 140 valence electrons. The molecule has 0 radical (unpaired) electrons. The first kappa shape index (κ1) is 18.4. The summed E-state index contributed by atoms with van der Waals surface area (Å²) in [5, 5.41) is 0.586. The molecule has 4 rings (SSSR count). The highest BCUT2D eigenvalue weighted by Crippen LogP contribution is 2.35. The van der Waals surface area contributed by atoms with Gasteiger partial charge in [-0.1, -0.05) is 41.9 Å². The van der Waals surface area contributed by atoms with Crippen molar-refractivity contribution < 1.29 is 8.42 Å². The molecule has 1 aromatic heterocycles. The van der Waals surface area contributed by atoms with Crippen LogP contribution in [-0.2, 0) is 10.0 Å². The fraction of sp³-hybridized carbons (Fsp3) is 0.0588. The molecule has 0 spiro atoms. The smallest absolute Gasteiger partial charge is 0.271 e. The summed E-state index contributed by atoms with van der Waals surface area (Å²) in [6.07, 6.45) is -0.178. The van der Waals surface area contributed by atoms with Crippen molar-refractivity contribution >= 4 is 38.6 Å². The third kappa shape index (κ3) is 3.99. The molecule has 0 atom stereocenters. The highest BCUT2D eigenvalue weighted by Gasteiger charge is 2.20. The number of nitrogens with one attached hydrogen (secondary N) is 5. The number of sulfonamides is 1. The molecule has 1 saturated heterocycles. The molecule has 1 fully saturated rings. The number of hydrogen-bond acceptors (Lipinski definition) is 7. The molecule has 0 bridgehead atoms. The number of halogens is 1. The van der Waals surface area contributed by atoms with Crippen LogP contribution < -0.4 is 26.6 Å². The molecule has 27 heavy (non-hydrogen) atoms. The Morgan fingerprint density at radius 2 is 1.74 bits per heavy atom. The zero-order chi connectivity index (χ0) is 18.9. The fourth-order valence-corrected chi connectivity index (χ4v) is 5.37. The quantitative estimate of drug-likeness (QED) is 0.435. The molecule has 2 aromatic carbocycles. The van der Waals surface area contributed by atoms with Gasteiger partial charge >= 0.3 is 0 Å². The van der Waals surface area contributed by atoms with Crippen LogP contribution in [-0.4, -0.2) is 8.42 Å². The minimum absolute atomic E-state index is 0.178. The number of anilines is 1. The Morgan fingerprint density at radius 1 is 0.963 bits per heavy atom. The maximum absolute atomic E-state index is 12.8. The SMILES string of the molecule is O=S(=O)(Nc1cccc(C2NNNN2)c1)c1ccc(-c2ccccc2Cl)s1. The van der Waals surface area contributed by atoms with Gasteiger partial charge in [0.1, 0.15) is 10.4 Å². The Kier molecular flexibility index (Phi) is 5.15. The molecule has 1 aliphatic heterocycles. The normalized spacial score (nSPS) is 15.1. The van der Waals surface area contributed by atoms with Gasteiger partial charge in [0.15, 0.2) is 0 Å². The van der Waals surface area contributed by atoms with E-state index in [0.29, 0.717) is 10.7 Å². The Balaban J connectivity index is 1.58. The number of thiophene rings is 1. The number of rotatable bonds is 5. The zero-order valence-corrected chi connectivity index (χ0v) is 16.3. The predicted molar refractivity (Wildman–Crippen MR) is 107 cm³/mol. The van der Waals surface area contributed by atoms with E-state index >= 15 is 0 Å². The van der Waals surface area contributed by atoms with Crippen molar-refractivity contribution in [2.24, 2.45) is 0 Å². The first-order valence-electron chi connectivity index (χ1n) is 8.01. The first-order valence-corrected chi connectivity index (χ1v) is 10.7. The topological polar surface area (TPSA) is 94.3 Å². The molecule has 0 aliphatic carbocycles. The Labute approximate surface area is 165 Å². The molecule has 1 aliphatic rings. The van der Waals surface area contributed by atoms with Gasteiger partial charge in [-0.25, -0.2) is 19.3 Å². The molecule has 10 heteroatoms. The lowest BCUT2D eigenvalue weighted by molar-refractivity contribution is 0.555. The van der Waals surface area contributed by atoms with E-state index in [9.17, 15) is 8.42 Å². The second-order valence-electron chi connectivity index (χ2n) is 5.80. The number of hydrogen-bond donors (Lipinski definition) is 5. The van der Waals surface area contributed by atoms with Gasteiger partial charge in [-0.2, -0.15) is 11.1 Å². The van der Waals surface area contributed by atoms with Crippen LogP contribution in [0.4, 0.5) is 5.69 Å². The first-order chi connectivity index (χ1) is 13.0. The molecule has 3 aromatic rings. The van der Waals surface area contributed by atoms with Gasteiger partial charge in [0.2, 0.25) is 0 Å². The Bertz CT molecular complexity index is 1060. The van der Waals surface area contributed by atoms with Gasteiger partial charge in [0.05, 0.1) is 0 Å². The van der Waals surface area contributed by atoms with Crippen LogP contribution >= 0.6 is 22.9 Å². The van der Waals surface area contributed by atoms with Crippen LogP contribution in [0.25, 0.3) is 10.4 Å². The van der Waals surface area contributed by atoms with Crippen LogP contribution in [0.5, 0.6) is 0 Å². The summed E-state index contributed by atoms with van der Waals surface area (Å²) < 4.78 is 28.4. The molecular weight excluding hydrogens is 406 g/mol. The average Bonchev–Trinajstić information content (AvgIpc) is 3.34. The van der Waals surface area contributed by atoms with Crippen molar-refractivity contribution in [2.75, 3.05) is 4.72 Å². The predicted octanol–water partition coefficient (Wildman–Crippen LogP) is 2.98. The van der Waals surface area contributed by atoms with E-state index in [1.54, 1.807) is 36.4 Å². The maximum atomic E-state index is 12.8. The van der Waals surface area contributed by atoms with Crippen molar-refractivity contribution in [1.29, 1.82) is 0 Å². The van der Waals surface area contributed by atoms with Crippen LogP contribution in [0.15, 0.2) is 64.9 Å². The Morgan fingerprint density at radius 3 is 2.52 bits per heavy atom. The monoisotopic (exact) mass is 421 g/mol. The third-order valence-corrected chi connectivity index (χ3v) is 7.27. The van der Waals surface area contributed by atoms with Gasteiger partial charge in [-0.3, -0.25) is 4.72 Å². The van der Waals surface area contributed by atoms with Crippen molar-refractivity contribution in [1.82, 2.24) is 21.9 Å². The average molecular weight is 422 g/mol. The van der Waals surface area contributed by atoms with Crippen LogP contribution in [0.3, 0.4) is 0 Å². The summed E-state index contributed by atoms with van der Waals surface area (Å²) in [7, 11) is -3.70. The van der Waals surface area contributed by atoms with E-state index < -0.39 is 10.0 Å². The van der Waals surface area contributed by atoms with E-state index in [1.165, 1.54) is 11.3 Å². The summed E-state index contributed by atoms with van der Waals surface area (Å²) in [6.45, 7) is 0. The van der Waals surface area contributed by atoms with E-state index in [0.717, 1.165) is 16.0 Å². The molecule has 2 heterocycles. The summed E-state index contributed by atoms with van der Waals surface area (Å²) >= 11 is 7.39. The van der Waals surface area contributed by atoms with Crippen molar-refractivity contribution in [3.05, 3.63) is 71.2 Å². The molecule has 0 unspecified atom stereocenters.